The second-order valence-corrected chi connectivity index (χ2v) is 17.2. The van der Waals surface area contributed by atoms with E-state index in [2.05, 4.69) is 49.3 Å². The molecule has 57 heavy (non-hydrogen) atoms. The fourth-order valence-corrected chi connectivity index (χ4v) is 10.0. The van der Waals surface area contributed by atoms with Gasteiger partial charge in [0.2, 0.25) is 11.8 Å². The van der Waals surface area contributed by atoms with Crippen LogP contribution in [0.25, 0.3) is 10.9 Å². The van der Waals surface area contributed by atoms with Gasteiger partial charge in [-0.25, -0.2) is 9.78 Å². The zero-order valence-corrected chi connectivity index (χ0v) is 34.7. The highest BCUT2D eigenvalue weighted by Crippen LogP contribution is 2.40. The van der Waals surface area contributed by atoms with Crippen LogP contribution in [-0.4, -0.2) is 115 Å². The number of nitrogens with zero attached hydrogens (tertiary/aromatic N) is 9. The van der Waals surface area contributed by atoms with E-state index in [1.54, 1.807) is 17.8 Å². The maximum atomic E-state index is 13.6. The van der Waals surface area contributed by atoms with Crippen LogP contribution in [0, 0.1) is 17.2 Å². The normalized spacial score (nSPS) is 24.6. The number of nitriles is 1. The maximum Gasteiger partial charge on any atom is 0.329 e. The van der Waals surface area contributed by atoms with E-state index in [1.807, 2.05) is 38.1 Å². The van der Waals surface area contributed by atoms with Crippen molar-refractivity contribution in [3.8, 4) is 6.07 Å². The summed E-state index contributed by atoms with van der Waals surface area (Å²) in [6.07, 6.45) is 8.02. The lowest BCUT2D eigenvalue weighted by molar-refractivity contribution is -0.124. The first-order chi connectivity index (χ1) is 27.2. The Labute approximate surface area is 343 Å². The van der Waals surface area contributed by atoms with Gasteiger partial charge in [0.1, 0.15) is 11.6 Å². The second kappa shape index (κ2) is 16.3. The van der Waals surface area contributed by atoms with E-state index in [9.17, 15) is 24.4 Å². The number of fused-ring (bicyclic) bond motifs is 1. The van der Waals surface area contributed by atoms with Crippen LogP contribution in [0.15, 0.2) is 30.5 Å². The SMILES string of the molecule is C[C@@H]1CN(CCCC2CCC(N3C(=S)N(c4cnc(C#N)c(Cl)c4)C(=O)C3(C)C)CC2)C[C@H](C)N1CC(=O)Nc1cccc2c(N3CCC(=O)NC3=O)nn(C)c12. The Balaban J connectivity index is 0.876. The summed E-state index contributed by atoms with van der Waals surface area (Å²) in [5, 5.41) is 20.6. The number of benzene rings is 1. The number of carbonyl (C=O) groups excluding carboxylic acids is 4. The molecule has 2 aromatic heterocycles. The van der Waals surface area contributed by atoms with Crippen LogP contribution < -0.4 is 20.4 Å². The number of carbonyl (C=O) groups is 4. The first-order valence-electron chi connectivity index (χ1n) is 19.8. The molecule has 1 saturated carbocycles. The van der Waals surface area contributed by atoms with Crippen LogP contribution in [0.2, 0.25) is 5.02 Å². The number of halogens is 1. The Morgan fingerprint density at radius 3 is 2.51 bits per heavy atom. The predicted molar refractivity (Wildman–Crippen MR) is 222 cm³/mol. The number of piperazine rings is 1. The molecule has 5 heterocycles. The topological polar surface area (TPSA) is 163 Å². The Morgan fingerprint density at radius 1 is 1.12 bits per heavy atom. The smallest absolute Gasteiger partial charge is 0.329 e. The number of nitrogens with one attached hydrogen (secondary N) is 2. The molecule has 2 N–H and O–H groups in total. The predicted octanol–water partition coefficient (Wildman–Crippen LogP) is 5.02. The van der Waals surface area contributed by atoms with E-state index < -0.39 is 11.6 Å². The van der Waals surface area contributed by atoms with Crippen LogP contribution in [0.5, 0.6) is 0 Å². The van der Waals surface area contributed by atoms with Crippen molar-refractivity contribution in [3.05, 3.63) is 41.2 Å². The molecule has 0 bridgehead atoms. The molecule has 3 aliphatic heterocycles. The zero-order chi connectivity index (χ0) is 40.8. The van der Waals surface area contributed by atoms with Gasteiger partial charge in [0.15, 0.2) is 16.6 Å². The average molecular weight is 816 g/mol. The monoisotopic (exact) mass is 815 g/mol. The van der Waals surface area contributed by atoms with Crippen molar-refractivity contribution in [1.82, 2.24) is 34.8 Å². The lowest BCUT2D eigenvalue weighted by Gasteiger charge is -2.44. The van der Waals surface area contributed by atoms with Gasteiger partial charge in [-0.1, -0.05) is 17.7 Å². The highest BCUT2D eigenvalue weighted by molar-refractivity contribution is 7.80. The fourth-order valence-electron chi connectivity index (χ4n) is 9.28. The van der Waals surface area contributed by atoms with Gasteiger partial charge in [-0.15, -0.1) is 0 Å². The number of pyridine rings is 1. The Morgan fingerprint density at radius 2 is 1.84 bits per heavy atom. The molecular weight excluding hydrogens is 766 g/mol. The summed E-state index contributed by atoms with van der Waals surface area (Å²) in [5.74, 6) is 0.531. The summed E-state index contributed by atoms with van der Waals surface area (Å²) in [7, 11) is 1.78. The van der Waals surface area contributed by atoms with Gasteiger partial charge in [-0.3, -0.25) is 39.1 Å². The highest BCUT2D eigenvalue weighted by atomic mass is 35.5. The average Bonchev–Trinajstić information content (AvgIpc) is 3.58. The van der Waals surface area contributed by atoms with Crippen LogP contribution in [-0.2, 0) is 21.4 Å². The first-order valence-corrected chi connectivity index (χ1v) is 20.5. The minimum atomic E-state index is -0.805. The number of anilines is 3. The molecular formula is C40H50ClN11O4S. The van der Waals surface area contributed by atoms with E-state index in [0.29, 0.717) is 33.7 Å². The van der Waals surface area contributed by atoms with Crippen LogP contribution in [0.4, 0.5) is 22.0 Å². The highest BCUT2D eigenvalue weighted by Gasteiger charge is 2.52. The quantitative estimate of drug-likeness (QED) is 0.264. The molecule has 2 atom stereocenters. The van der Waals surface area contributed by atoms with Crippen molar-refractivity contribution in [2.45, 2.75) is 96.3 Å². The molecule has 302 valence electrons. The summed E-state index contributed by atoms with van der Waals surface area (Å²) in [4.78, 5) is 65.4. The molecule has 0 radical (unpaired) electrons. The van der Waals surface area contributed by atoms with Crippen molar-refractivity contribution < 1.29 is 19.2 Å². The minimum Gasteiger partial charge on any atom is -0.331 e. The number of rotatable bonds is 10. The number of hydrogen-bond donors (Lipinski definition) is 2. The molecule has 4 aliphatic rings. The molecule has 1 aromatic carbocycles. The summed E-state index contributed by atoms with van der Waals surface area (Å²) in [6.45, 7) is 11.5. The molecule has 3 saturated heterocycles. The standard InChI is InChI=1S/C40H50ClN11O4S/c1-24-21-48(16-7-8-26-11-13-27(14-12-26)52-39(57)51(37(55)40(52,3)4)28-18-30(41)32(19-42)43-20-28)22-25(2)50(24)23-34(54)44-31-10-6-9-29-35(31)47(5)46-36(29)49-17-15-33(53)45-38(49)56/h6,9-10,18,20,24-27H,7-8,11-17,21-23H2,1-5H3,(H,44,54)(H,45,53,56)/t24-,25+,26?,27?. The third kappa shape index (κ3) is 7.95. The maximum absolute atomic E-state index is 13.6. The Kier molecular flexibility index (Phi) is 11.6. The van der Waals surface area contributed by atoms with Crippen molar-refractivity contribution in [2.75, 3.05) is 47.8 Å². The Bertz CT molecular complexity index is 2130. The largest absolute Gasteiger partial charge is 0.331 e. The van der Waals surface area contributed by atoms with E-state index in [0.717, 1.165) is 63.5 Å². The number of hydrogen-bond acceptors (Lipinski definition) is 10. The van der Waals surface area contributed by atoms with Gasteiger partial charge >= 0.3 is 6.03 Å². The molecule has 17 heteroatoms. The number of aromatic nitrogens is 3. The van der Waals surface area contributed by atoms with Crippen molar-refractivity contribution in [1.29, 1.82) is 5.26 Å². The zero-order valence-electron chi connectivity index (χ0n) is 33.1. The first kappa shape index (κ1) is 40.5. The van der Waals surface area contributed by atoms with Gasteiger partial charge in [0.05, 0.1) is 34.7 Å². The van der Waals surface area contributed by atoms with Crippen molar-refractivity contribution in [2.24, 2.45) is 13.0 Å². The number of amides is 5. The van der Waals surface area contributed by atoms with E-state index in [4.69, 9.17) is 23.8 Å². The van der Waals surface area contributed by atoms with E-state index in [-0.39, 0.29) is 66.1 Å². The van der Waals surface area contributed by atoms with E-state index in [1.165, 1.54) is 16.0 Å². The third-order valence-corrected chi connectivity index (χ3v) is 12.8. The molecule has 5 amide bonds. The molecule has 0 spiro atoms. The molecule has 1 aliphatic carbocycles. The number of thiocarbonyl (C=S) groups is 1. The summed E-state index contributed by atoms with van der Waals surface area (Å²) in [5.41, 5.74) is 1.11. The number of urea groups is 1. The molecule has 15 nitrogen and oxygen atoms in total. The molecule has 4 fully saturated rings. The number of imide groups is 1. The van der Waals surface area contributed by atoms with Crippen LogP contribution >= 0.6 is 23.8 Å². The molecule has 3 aromatic rings. The molecule has 0 unspecified atom stereocenters. The lowest BCUT2D eigenvalue weighted by Crippen LogP contribution is -2.58. The fraction of sp³-hybridized carbons (Fsp3) is 0.550. The molecule has 7 rings (SSSR count). The van der Waals surface area contributed by atoms with Gasteiger partial charge < -0.3 is 15.1 Å². The van der Waals surface area contributed by atoms with Gasteiger partial charge in [-0.2, -0.15) is 10.4 Å². The third-order valence-electron chi connectivity index (χ3n) is 12.1. The van der Waals surface area contributed by atoms with Crippen molar-refractivity contribution >= 4 is 80.8 Å². The van der Waals surface area contributed by atoms with Crippen LogP contribution in [0.3, 0.4) is 0 Å². The summed E-state index contributed by atoms with van der Waals surface area (Å²) in [6, 6.07) is 9.13. The second-order valence-electron chi connectivity index (χ2n) is 16.4. The van der Waals surface area contributed by atoms with Crippen molar-refractivity contribution in [3.63, 3.8) is 0 Å². The number of para-hydroxylation sites is 1. The van der Waals surface area contributed by atoms with Gasteiger partial charge in [0.25, 0.3) is 5.91 Å². The number of aryl methyl sites for hydroxylation is 1. The van der Waals surface area contributed by atoms with E-state index >= 15 is 0 Å². The minimum absolute atomic E-state index is 0.111. The van der Waals surface area contributed by atoms with Gasteiger partial charge in [-0.05, 0) is 109 Å². The van der Waals surface area contributed by atoms with Gasteiger partial charge in [0, 0.05) is 56.6 Å². The summed E-state index contributed by atoms with van der Waals surface area (Å²) >= 11 is 12.2. The lowest BCUT2D eigenvalue weighted by atomic mass is 9.82. The summed E-state index contributed by atoms with van der Waals surface area (Å²) < 4.78 is 1.66. The van der Waals surface area contributed by atoms with Crippen LogP contribution in [0.1, 0.15) is 78.3 Å². The Hall–Kier alpha value is -4.69.